The van der Waals surface area contributed by atoms with E-state index >= 15 is 0 Å². The molecule has 1 aliphatic heterocycles. The van der Waals surface area contributed by atoms with Crippen LogP contribution in [0.3, 0.4) is 0 Å². The smallest absolute Gasteiger partial charge is 0.161 e. The van der Waals surface area contributed by atoms with Crippen LogP contribution in [0.15, 0.2) is 18.2 Å². The predicted octanol–water partition coefficient (Wildman–Crippen LogP) is 2.35. The molecule has 0 spiro atoms. The molecule has 0 bridgehead atoms. The molecule has 0 radical (unpaired) electrons. The Kier molecular flexibility index (Phi) is 5.05. The second-order valence-electron chi connectivity index (χ2n) is 4.92. The van der Waals surface area contributed by atoms with Crippen LogP contribution in [0, 0.1) is 0 Å². The van der Waals surface area contributed by atoms with Crippen LogP contribution in [0.1, 0.15) is 31.2 Å². The Morgan fingerprint density at radius 2 is 2.05 bits per heavy atom. The molecule has 0 aromatic heterocycles. The molecular weight excluding hydrogens is 244 g/mol. The Balaban J connectivity index is 2.15. The summed E-state index contributed by atoms with van der Waals surface area (Å²) < 4.78 is 16.7. The lowest BCUT2D eigenvalue weighted by Gasteiger charge is -2.24. The SMILES string of the molecule is COc1ccc(C(C)CO)cc1OC1CCOCC1. The molecule has 4 heteroatoms. The quantitative estimate of drug-likeness (QED) is 0.888. The van der Waals surface area contributed by atoms with Crippen molar-refractivity contribution in [2.24, 2.45) is 0 Å². The maximum atomic E-state index is 9.24. The second-order valence-corrected chi connectivity index (χ2v) is 4.92. The third-order valence-electron chi connectivity index (χ3n) is 3.49. The van der Waals surface area contributed by atoms with Crippen LogP contribution in [0.4, 0.5) is 0 Å². The summed E-state index contributed by atoms with van der Waals surface area (Å²) in [7, 11) is 1.64. The van der Waals surface area contributed by atoms with Gasteiger partial charge in [-0.1, -0.05) is 13.0 Å². The zero-order valence-corrected chi connectivity index (χ0v) is 11.6. The Labute approximate surface area is 114 Å². The van der Waals surface area contributed by atoms with Crippen molar-refractivity contribution in [3.63, 3.8) is 0 Å². The first-order chi connectivity index (χ1) is 9.24. The van der Waals surface area contributed by atoms with Crippen LogP contribution >= 0.6 is 0 Å². The summed E-state index contributed by atoms with van der Waals surface area (Å²) in [4.78, 5) is 0. The zero-order chi connectivity index (χ0) is 13.7. The minimum atomic E-state index is 0.0999. The van der Waals surface area contributed by atoms with Gasteiger partial charge in [-0.25, -0.2) is 0 Å². The van der Waals surface area contributed by atoms with Gasteiger partial charge >= 0.3 is 0 Å². The molecule has 1 saturated heterocycles. The first kappa shape index (κ1) is 14.2. The van der Waals surface area contributed by atoms with Gasteiger partial charge in [-0.15, -0.1) is 0 Å². The fourth-order valence-corrected chi connectivity index (χ4v) is 2.17. The van der Waals surface area contributed by atoms with Gasteiger partial charge < -0.3 is 19.3 Å². The van der Waals surface area contributed by atoms with Gasteiger partial charge in [0.2, 0.25) is 0 Å². The molecule has 1 atom stereocenters. The maximum absolute atomic E-state index is 9.24. The van der Waals surface area contributed by atoms with E-state index in [4.69, 9.17) is 14.2 Å². The highest BCUT2D eigenvalue weighted by atomic mass is 16.5. The summed E-state index contributed by atoms with van der Waals surface area (Å²) in [6.07, 6.45) is 1.99. The maximum Gasteiger partial charge on any atom is 0.161 e. The molecular formula is C15H22O4. The van der Waals surface area contributed by atoms with Crippen molar-refractivity contribution in [3.8, 4) is 11.5 Å². The number of methoxy groups -OCH3 is 1. The number of hydrogen-bond acceptors (Lipinski definition) is 4. The third kappa shape index (κ3) is 3.61. The lowest BCUT2D eigenvalue weighted by Crippen LogP contribution is -2.26. The predicted molar refractivity (Wildman–Crippen MR) is 73.0 cm³/mol. The lowest BCUT2D eigenvalue weighted by atomic mass is 10.0. The summed E-state index contributed by atoms with van der Waals surface area (Å²) in [6, 6.07) is 5.84. The zero-order valence-electron chi connectivity index (χ0n) is 11.6. The molecule has 1 aromatic rings. The molecule has 1 unspecified atom stereocenters. The summed E-state index contributed by atoms with van der Waals surface area (Å²) in [5.74, 6) is 1.59. The average Bonchev–Trinajstić information content (AvgIpc) is 2.47. The van der Waals surface area contributed by atoms with E-state index in [2.05, 4.69) is 0 Å². The summed E-state index contributed by atoms with van der Waals surface area (Å²) in [5.41, 5.74) is 1.06. The van der Waals surface area contributed by atoms with Crippen molar-refractivity contribution in [3.05, 3.63) is 23.8 Å². The van der Waals surface area contributed by atoms with Gasteiger partial charge in [0.15, 0.2) is 11.5 Å². The standard InChI is InChI=1S/C15H22O4/c1-11(10-16)12-3-4-14(17-2)15(9-12)19-13-5-7-18-8-6-13/h3-4,9,11,13,16H,5-8,10H2,1-2H3. The van der Waals surface area contributed by atoms with Crippen LogP contribution in [0.25, 0.3) is 0 Å². The van der Waals surface area contributed by atoms with Gasteiger partial charge in [-0.05, 0) is 17.7 Å². The van der Waals surface area contributed by atoms with Gasteiger partial charge in [0.1, 0.15) is 6.10 Å². The van der Waals surface area contributed by atoms with Gasteiger partial charge in [-0.2, -0.15) is 0 Å². The first-order valence-electron chi connectivity index (χ1n) is 6.77. The molecule has 106 valence electrons. The lowest BCUT2D eigenvalue weighted by molar-refractivity contribution is 0.0245. The van der Waals surface area contributed by atoms with Crippen molar-refractivity contribution < 1.29 is 19.3 Å². The van der Waals surface area contributed by atoms with E-state index < -0.39 is 0 Å². The first-order valence-corrected chi connectivity index (χ1v) is 6.77. The second kappa shape index (κ2) is 6.78. The molecule has 1 fully saturated rings. The van der Waals surface area contributed by atoms with E-state index in [1.807, 2.05) is 25.1 Å². The van der Waals surface area contributed by atoms with E-state index in [0.717, 1.165) is 43.1 Å². The number of benzene rings is 1. The summed E-state index contributed by atoms with van der Waals surface area (Å²) in [6.45, 7) is 3.61. The largest absolute Gasteiger partial charge is 0.493 e. The molecule has 2 rings (SSSR count). The van der Waals surface area contributed by atoms with Crippen molar-refractivity contribution >= 4 is 0 Å². The highest BCUT2D eigenvalue weighted by Crippen LogP contribution is 2.32. The molecule has 1 N–H and O–H groups in total. The molecule has 1 aliphatic rings. The fourth-order valence-electron chi connectivity index (χ4n) is 2.17. The Bertz CT molecular complexity index is 399. The van der Waals surface area contributed by atoms with E-state index in [9.17, 15) is 5.11 Å². The molecule has 0 amide bonds. The van der Waals surface area contributed by atoms with Crippen LogP contribution < -0.4 is 9.47 Å². The number of ether oxygens (including phenoxy) is 3. The topological polar surface area (TPSA) is 47.9 Å². The number of aliphatic hydroxyl groups is 1. The van der Waals surface area contributed by atoms with Gasteiger partial charge in [0.25, 0.3) is 0 Å². The Morgan fingerprint density at radius 1 is 1.32 bits per heavy atom. The summed E-state index contributed by atoms with van der Waals surface area (Å²) >= 11 is 0. The third-order valence-corrected chi connectivity index (χ3v) is 3.49. The Hall–Kier alpha value is -1.26. The normalized spacial score (nSPS) is 18.1. The van der Waals surface area contributed by atoms with Crippen molar-refractivity contribution in [1.82, 2.24) is 0 Å². The molecule has 0 aliphatic carbocycles. The molecule has 0 saturated carbocycles. The van der Waals surface area contributed by atoms with Gasteiger partial charge in [0, 0.05) is 25.4 Å². The highest BCUT2D eigenvalue weighted by molar-refractivity contribution is 5.44. The monoisotopic (exact) mass is 266 g/mol. The summed E-state index contributed by atoms with van der Waals surface area (Å²) in [5, 5.41) is 9.24. The number of hydrogen-bond donors (Lipinski definition) is 1. The van der Waals surface area contributed by atoms with E-state index in [0.29, 0.717) is 0 Å². The van der Waals surface area contributed by atoms with Crippen LogP contribution in [-0.4, -0.2) is 38.1 Å². The minimum Gasteiger partial charge on any atom is -0.493 e. The fraction of sp³-hybridized carbons (Fsp3) is 0.600. The van der Waals surface area contributed by atoms with Gasteiger partial charge in [0.05, 0.1) is 20.3 Å². The molecule has 4 nitrogen and oxygen atoms in total. The Morgan fingerprint density at radius 3 is 2.68 bits per heavy atom. The van der Waals surface area contributed by atoms with E-state index in [-0.39, 0.29) is 18.6 Å². The molecule has 1 aromatic carbocycles. The van der Waals surface area contributed by atoms with E-state index in [1.54, 1.807) is 7.11 Å². The van der Waals surface area contributed by atoms with Crippen molar-refractivity contribution in [2.45, 2.75) is 31.8 Å². The molecule has 1 heterocycles. The van der Waals surface area contributed by atoms with Gasteiger partial charge in [-0.3, -0.25) is 0 Å². The van der Waals surface area contributed by atoms with Crippen LogP contribution in [0.5, 0.6) is 11.5 Å². The molecule has 19 heavy (non-hydrogen) atoms. The average molecular weight is 266 g/mol. The van der Waals surface area contributed by atoms with Crippen LogP contribution in [0.2, 0.25) is 0 Å². The van der Waals surface area contributed by atoms with E-state index in [1.165, 1.54) is 0 Å². The number of rotatable bonds is 5. The highest BCUT2D eigenvalue weighted by Gasteiger charge is 2.18. The number of aliphatic hydroxyl groups excluding tert-OH is 1. The van der Waals surface area contributed by atoms with Crippen molar-refractivity contribution in [2.75, 3.05) is 26.9 Å². The van der Waals surface area contributed by atoms with Crippen LogP contribution in [-0.2, 0) is 4.74 Å². The minimum absolute atomic E-state index is 0.0999. The van der Waals surface area contributed by atoms with Crippen molar-refractivity contribution in [1.29, 1.82) is 0 Å².